The third-order valence-corrected chi connectivity index (χ3v) is 0.843. The molecule has 4 nitrogen and oxygen atoms in total. The summed E-state index contributed by atoms with van der Waals surface area (Å²) in [6.45, 7) is 14.5. The van der Waals surface area contributed by atoms with E-state index in [1.54, 1.807) is 6.92 Å². The van der Waals surface area contributed by atoms with Gasteiger partial charge in [0, 0.05) is 32.7 Å². The zero-order chi connectivity index (χ0) is 12.3. The molecule has 6 heteroatoms. The van der Waals surface area contributed by atoms with Crippen LogP contribution in [0.1, 0.15) is 28.2 Å². The summed E-state index contributed by atoms with van der Waals surface area (Å²) >= 11 is 0. The number of hydrogen-bond acceptors (Lipinski definition) is 2. The Morgan fingerprint density at radius 3 is 1.00 bits per heavy atom. The number of aliphatic carboxylic acids is 2. The summed E-state index contributed by atoms with van der Waals surface area (Å²) in [7, 11) is 0. The average Bonchev–Trinajstić information content (AvgIpc) is 2.08. The van der Waals surface area contributed by atoms with Crippen LogP contribution in [0, 0.1) is 40.0 Å². The monoisotopic (exact) mass is 371 g/mol. The maximum absolute atomic E-state index is 9.64. The number of rotatable bonds is 2. The van der Waals surface area contributed by atoms with E-state index in [0.29, 0.717) is 0 Å². The average molecular weight is 371 g/mol. The Labute approximate surface area is 153 Å². The van der Waals surface area contributed by atoms with Crippen molar-refractivity contribution in [2.45, 2.75) is 28.2 Å². The quantitative estimate of drug-likeness (QED) is 0.578. The molecule has 0 saturated carbocycles. The van der Waals surface area contributed by atoms with Gasteiger partial charge in [-0.05, 0) is 0 Å². The molecule has 0 heterocycles. The van der Waals surface area contributed by atoms with Crippen LogP contribution in [-0.4, -0.2) is 22.2 Å². The van der Waals surface area contributed by atoms with Gasteiger partial charge in [-0.15, -0.1) is 0 Å². The molecule has 0 bridgehead atoms. The molecular formula is C12H26O4TiY-. The molecule has 0 spiro atoms. The molecule has 0 aliphatic rings. The summed E-state index contributed by atoms with van der Waals surface area (Å²) in [6.07, 6.45) is 0. The zero-order valence-corrected chi connectivity index (χ0v) is 15.5. The van der Waals surface area contributed by atoms with E-state index in [0.717, 1.165) is 0 Å². The number of carboxylic acids is 2. The molecule has 0 aliphatic heterocycles. The summed E-state index contributed by atoms with van der Waals surface area (Å²) < 4.78 is 0. The van der Waals surface area contributed by atoms with Crippen LogP contribution in [0.15, 0.2) is 0 Å². The minimum Gasteiger partial charge on any atom is -0.483 e. The van der Waals surface area contributed by atoms with Crippen LogP contribution in [0.4, 0.5) is 0 Å². The van der Waals surface area contributed by atoms with Crippen molar-refractivity contribution in [2.24, 2.45) is 11.8 Å². The van der Waals surface area contributed by atoms with Crippen molar-refractivity contribution < 1.29 is 74.2 Å². The first-order valence-electron chi connectivity index (χ1n) is 4.11. The Bertz CT molecular complexity index is 144. The fourth-order valence-corrected chi connectivity index (χ4v) is 0. The van der Waals surface area contributed by atoms with Gasteiger partial charge in [0.05, 0.1) is 0 Å². The molecule has 0 saturated heterocycles. The molecule has 2 atom stereocenters. The second kappa shape index (κ2) is 30.6. The van der Waals surface area contributed by atoms with Gasteiger partial charge in [-0.1, -0.05) is 33.1 Å². The molecule has 106 valence electrons. The van der Waals surface area contributed by atoms with Crippen LogP contribution in [0.2, 0.25) is 0 Å². The fourth-order valence-electron chi connectivity index (χ4n) is 0. The SMILES string of the molecule is C.[CH2-]C.[CH2-]C(C)C(=O)O.[CH2-]C(C)C(=O)O.[CH3-].[Ti+3].[Y]. The van der Waals surface area contributed by atoms with E-state index in [1.165, 1.54) is 13.8 Å². The van der Waals surface area contributed by atoms with Crippen LogP contribution < -0.4 is 0 Å². The van der Waals surface area contributed by atoms with Gasteiger partial charge in [0.1, 0.15) is 0 Å². The van der Waals surface area contributed by atoms with E-state index < -0.39 is 23.8 Å². The normalized spacial score (nSPS) is 9.44. The van der Waals surface area contributed by atoms with Crippen molar-refractivity contribution in [1.29, 1.82) is 0 Å². The van der Waals surface area contributed by atoms with Crippen molar-refractivity contribution >= 4 is 11.9 Å². The third kappa shape index (κ3) is 54.3. The summed E-state index contributed by atoms with van der Waals surface area (Å²) in [4.78, 5) is 19.3. The molecular weight excluding hydrogens is 345 g/mol. The Morgan fingerprint density at radius 1 is 0.944 bits per heavy atom. The number of carboxylic acid groups (broad SMARTS) is 2. The molecule has 18 heavy (non-hydrogen) atoms. The Morgan fingerprint density at radius 2 is 1.00 bits per heavy atom. The smallest absolute Gasteiger partial charge is 0.483 e. The van der Waals surface area contributed by atoms with E-state index in [2.05, 4.69) is 20.8 Å². The van der Waals surface area contributed by atoms with Gasteiger partial charge in [0.15, 0.2) is 0 Å². The summed E-state index contributed by atoms with van der Waals surface area (Å²) in [5, 5.41) is 15.9. The van der Waals surface area contributed by atoms with Crippen molar-refractivity contribution in [3.05, 3.63) is 28.2 Å². The molecule has 0 aromatic rings. The van der Waals surface area contributed by atoms with Crippen molar-refractivity contribution in [1.82, 2.24) is 0 Å². The van der Waals surface area contributed by atoms with E-state index in [4.69, 9.17) is 10.2 Å². The summed E-state index contributed by atoms with van der Waals surface area (Å²) in [6, 6.07) is 0. The van der Waals surface area contributed by atoms with E-state index in [-0.39, 0.29) is 69.3 Å². The molecule has 0 aliphatic carbocycles. The number of hydrogen-bond donors (Lipinski definition) is 2. The first-order valence-corrected chi connectivity index (χ1v) is 4.11. The van der Waals surface area contributed by atoms with Gasteiger partial charge in [-0.2, -0.15) is 6.92 Å². The van der Waals surface area contributed by atoms with Crippen LogP contribution in [0.3, 0.4) is 0 Å². The maximum Gasteiger partial charge on any atom is 3.00 e. The van der Waals surface area contributed by atoms with Gasteiger partial charge in [0.2, 0.25) is 0 Å². The maximum atomic E-state index is 9.64. The van der Waals surface area contributed by atoms with Crippen molar-refractivity contribution in [3.8, 4) is 0 Å². The minimum absolute atomic E-state index is 0. The second-order valence-electron chi connectivity index (χ2n) is 2.48. The van der Waals surface area contributed by atoms with Gasteiger partial charge in [-0.25, -0.2) is 0 Å². The summed E-state index contributed by atoms with van der Waals surface area (Å²) in [5.41, 5.74) is 0. The largest absolute Gasteiger partial charge is 3.00 e. The molecule has 0 aromatic carbocycles. The van der Waals surface area contributed by atoms with Crippen LogP contribution in [-0.2, 0) is 64.0 Å². The van der Waals surface area contributed by atoms with Crippen LogP contribution in [0.25, 0.3) is 0 Å². The predicted molar refractivity (Wildman–Crippen MR) is 68.5 cm³/mol. The molecule has 2 unspecified atom stereocenters. The standard InChI is InChI=1S/2C4H7O2.C2H5.CH4.CH3.Ti.Y/c2*1-3(2)4(5)6;1-2;;;;/h2*3H,1H2,2H3,(H,5,6);1H2,2H3;1H4;1H3;;/q3*-1;;-1;+3;. The second-order valence-corrected chi connectivity index (χ2v) is 2.48. The van der Waals surface area contributed by atoms with Gasteiger partial charge < -0.3 is 38.4 Å². The molecule has 0 aromatic heterocycles. The van der Waals surface area contributed by atoms with Crippen LogP contribution >= 0.6 is 0 Å². The Hall–Kier alpha value is 0.758. The van der Waals surface area contributed by atoms with Gasteiger partial charge in [0.25, 0.3) is 11.9 Å². The first-order chi connectivity index (χ1) is 6.29. The fraction of sp³-hybridized carbons (Fsp3) is 0.500. The predicted octanol–water partition coefficient (Wildman–Crippen LogP) is 3.00. The molecule has 0 fully saturated rings. The Kier molecular flexibility index (Phi) is 72.8. The topological polar surface area (TPSA) is 74.6 Å². The Balaban J connectivity index is -0.0000000197. The third-order valence-electron chi connectivity index (χ3n) is 0.843. The first kappa shape index (κ1) is 42.8. The van der Waals surface area contributed by atoms with E-state index >= 15 is 0 Å². The van der Waals surface area contributed by atoms with Gasteiger partial charge >= 0.3 is 21.7 Å². The van der Waals surface area contributed by atoms with E-state index in [9.17, 15) is 9.59 Å². The molecule has 0 rings (SSSR count). The minimum atomic E-state index is -0.852. The number of carbonyl (C=O) groups is 2. The molecule has 2 N–H and O–H groups in total. The van der Waals surface area contributed by atoms with E-state index in [1.807, 2.05) is 0 Å². The summed E-state index contributed by atoms with van der Waals surface area (Å²) in [5.74, 6) is -2.67. The molecule has 2 radical (unpaired) electrons. The van der Waals surface area contributed by atoms with Gasteiger partial charge in [-0.3, -0.25) is 9.59 Å². The van der Waals surface area contributed by atoms with Crippen molar-refractivity contribution in [3.63, 3.8) is 0 Å². The van der Waals surface area contributed by atoms with Crippen LogP contribution in [0.5, 0.6) is 0 Å². The molecule has 0 amide bonds. The zero-order valence-electron chi connectivity index (χ0n) is 11.1. The van der Waals surface area contributed by atoms with Crippen molar-refractivity contribution in [2.75, 3.05) is 0 Å².